The highest BCUT2D eigenvalue weighted by atomic mass is 19.4. The second-order valence-electron chi connectivity index (χ2n) is 9.17. The van der Waals surface area contributed by atoms with E-state index in [4.69, 9.17) is 0 Å². The summed E-state index contributed by atoms with van der Waals surface area (Å²) in [5.41, 5.74) is 0.430. The van der Waals surface area contributed by atoms with Gasteiger partial charge in [-0.05, 0) is 24.8 Å². The van der Waals surface area contributed by atoms with Crippen LogP contribution in [0.5, 0.6) is 0 Å². The van der Waals surface area contributed by atoms with Gasteiger partial charge in [-0.25, -0.2) is 8.78 Å². The number of nitrogens with one attached hydrogen (secondary N) is 1. The Morgan fingerprint density at radius 1 is 1.09 bits per heavy atom. The highest BCUT2D eigenvalue weighted by Crippen LogP contribution is 2.41. The average molecular weight is 484 g/mol. The number of alkyl halides is 3. The van der Waals surface area contributed by atoms with Gasteiger partial charge in [-0.1, -0.05) is 25.5 Å². The van der Waals surface area contributed by atoms with Gasteiger partial charge in [0, 0.05) is 31.0 Å². The minimum atomic E-state index is -4.97. The molecule has 11 heteroatoms. The van der Waals surface area contributed by atoms with E-state index < -0.39 is 29.8 Å². The van der Waals surface area contributed by atoms with Crippen LogP contribution in [0.4, 0.5) is 22.0 Å². The summed E-state index contributed by atoms with van der Waals surface area (Å²) in [7, 11) is 0. The normalized spacial score (nSPS) is 19.9. The minimum absolute atomic E-state index is 0.0188. The summed E-state index contributed by atoms with van der Waals surface area (Å²) in [5.74, 6) is -4.23. The number of H-pyrrole nitrogens is 1. The van der Waals surface area contributed by atoms with E-state index in [0.29, 0.717) is 37.1 Å². The number of aromatic nitrogens is 2. The van der Waals surface area contributed by atoms with Crippen LogP contribution in [0.25, 0.3) is 0 Å². The van der Waals surface area contributed by atoms with E-state index in [1.165, 1.54) is 6.08 Å². The van der Waals surface area contributed by atoms with E-state index in [1.807, 2.05) is 0 Å². The summed E-state index contributed by atoms with van der Waals surface area (Å²) in [6, 6.07) is 0. The molecule has 1 saturated heterocycles. The molecule has 2 aliphatic heterocycles. The number of rotatable bonds is 3. The number of hydrogen-bond donors (Lipinski definition) is 1. The molecule has 1 N–H and O–H groups in total. The summed E-state index contributed by atoms with van der Waals surface area (Å²) in [6.45, 7) is 4.81. The number of aromatic amines is 1. The molecule has 0 radical (unpaired) electrons. The standard InChI is InChI=1S/C23H25F5N4O2/c1-12(2)21(33)32-10-15-18(11-32)29-30-20(15)22(34)31-7-5-13(6-8-31)14-3-4-17(24)19(25)16(9-14)23(26,27)28/h3-4,12-13H,5-11H2,1-2H3,(H,29,30). The molecule has 3 heterocycles. The van der Waals surface area contributed by atoms with Crippen LogP contribution in [0.3, 0.4) is 0 Å². The fourth-order valence-electron chi connectivity index (χ4n) is 4.68. The topological polar surface area (TPSA) is 69.3 Å². The molecule has 34 heavy (non-hydrogen) atoms. The molecule has 0 bridgehead atoms. The number of amides is 2. The van der Waals surface area contributed by atoms with Crippen molar-refractivity contribution in [3.05, 3.63) is 51.9 Å². The monoisotopic (exact) mass is 484 g/mol. The maximum Gasteiger partial charge on any atom is 0.415 e. The first-order valence-corrected chi connectivity index (χ1v) is 11.1. The number of carbonyl (C=O) groups is 2. The molecule has 1 aromatic heterocycles. The zero-order chi connectivity index (χ0) is 24.8. The molecule has 0 spiro atoms. The second kappa shape index (κ2) is 8.99. The predicted octanol–water partition coefficient (Wildman–Crippen LogP) is 4.73. The third-order valence-corrected chi connectivity index (χ3v) is 6.61. The van der Waals surface area contributed by atoms with Crippen LogP contribution in [0, 0.1) is 11.8 Å². The van der Waals surface area contributed by atoms with Crippen LogP contribution in [0.15, 0.2) is 35.0 Å². The molecule has 1 fully saturated rings. The van der Waals surface area contributed by atoms with Crippen molar-refractivity contribution >= 4 is 11.8 Å². The number of halogens is 5. The van der Waals surface area contributed by atoms with Crippen LogP contribution < -0.4 is 0 Å². The third-order valence-electron chi connectivity index (χ3n) is 6.61. The zero-order valence-corrected chi connectivity index (χ0v) is 18.8. The Hall–Kier alpha value is -2.98. The predicted molar refractivity (Wildman–Crippen MR) is 112 cm³/mol. The molecular weight excluding hydrogens is 459 g/mol. The first kappa shape index (κ1) is 24.2. The Kier molecular flexibility index (Phi) is 6.39. The number of allylic oxidation sites excluding steroid dienone is 6. The lowest BCUT2D eigenvalue weighted by Crippen LogP contribution is -2.39. The summed E-state index contributed by atoms with van der Waals surface area (Å²) in [6.07, 6.45) is -3.01. The Morgan fingerprint density at radius 2 is 1.76 bits per heavy atom. The Morgan fingerprint density at radius 3 is 2.38 bits per heavy atom. The van der Waals surface area contributed by atoms with Crippen LogP contribution in [0.1, 0.15) is 54.9 Å². The number of likely N-dealkylation sites (tertiary alicyclic amines) is 1. The van der Waals surface area contributed by atoms with E-state index >= 15 is 0 Å². The highest BCUT2D eigenvalue weighted by Gasteiger charge is 2.40. The molecule has 0 unspecified atom stereocenters. The van der Waals surface area contributed by atoms with Gasteiger partial charge in [-0.2, -0.15) is 18.3 Å². The van der Waals surface area contributed by atoms with Crippen molar-refractivity contribution in [2.24, 2.45) is 11.8 Å². The molecule has 1 aromatic rings. The number of hydrogen-bond acceptors (Lipinski definition) is 3. The SMILES string of the molecule is CC(C)C(=O)N1Cc2[nH]nc(C(=O)N3CCC(C4=CC=C(F)C(F)=C(C(F)(F)F)C4)CC3)c2C1. The van der Waals surface area contributed by atoms with Crippen molar-refractivity contribution in [2.75, 3.05) is 13.1 Å². The molecular formula is C23H25F5N4O2. The minimum Gasteiger partial charge on any atom is -0.337 e. The van der Waals surface area contributed by atoms with Crippen molar-refractivity contribution in [3.8, 4) is 0 Å². The second-order valence-corrected chi connectivity index (χ2v) is 9.17. The molecule has 184 valence electrons. The van der Waals surface area contributed by atoms with E-state index in [1.54, 1.807) is 23.6 Å². The molecule has 3 aliphatic rings. The fourth-order valence-corrected chi connectivity index (χ4v) is 4.68. The lowest BCUT2D eigenvalue weighted by atomic mass is 9.85. The van der Waals surface area contributed by atoms with Gasteiger partial charge in [0.05, 0.1) is 24.4 Å². The molecule has 0 aromatic carbocycles. The Labute approximate surface area is 193 Å². The van der Waals surface area contributed by atoms with E-state index in [2.05, 4.69) is 10.2 Å². The van der Waals surface area contributed by atoms with Crippen LogP contribution in [-0.2, 0) is 17.9 Å². The quantitative estimate of drug-likeness (QED) is 0.631. The number of nitrogens with zero attached hydrogens (tertiary/aromatic N) is 3. The van der Waals surface area contributed by atoms with Crippen molar-refractivity contribution in [3.63, 3.8) is 0 Å². The lowest BCUT2D eigenvalue weighted by molar-refractivity contribution is -0.135. The van der Waals surface area contributed by atoms with Crippen LogP contribution in [-0.4, -0.2) is 51.1 Å². The van der Waals surface area contributed by atoms with Gasteiger partial charge in [-0.15, -0.1) is 0 Å². The number of piperidine rings is 1. The van der Waals surface area contributed by atoms with E-state index in [0.717, 1.165) is 11.8 Å². The molecule has 4 rings (SSSR count). The first-order valence-electron chi connectivity index (χ1n) is 11.1. The molecule has 1 aliphatic carbocycles. The van der Waals surface area contributed by atoms with Crippen LogP contribution >= 0.6 is 0 Å². The Bertz CT molecular complexity index is 1090. The smallest absolute Gasteiger partial charge is 0.337 e. The van der Waals surface area contributed by atoms with Gasteiger partial charge in [0.1, 0.15) is 0 Å². The van der Waals surface area contributed by atoms with Crippen molar-refractivity contribution < 1.29 is 31.5 Å². The maximum atomic E-state index is 13.9. The molecule has 6 nitrogen and oxygen atoms in total. The van der Waals surface area contributed by atoms with Gasteiger partial charge in [0.15, 0.2) is 17.3 Å². The first-order chi connectivity index (χ1) is 16.0. The van der Waals surface area contributed by atoms with Gasteiger partial charge in [0.25, 0.3) is 5.91 Å². The highest BCUT2D eigenvalue weighted by molar-refractivity contribution is 5.94. The average Bonchev–Trinajstić information content (AvgIpc) is 3.33. The van der Waals surface area contributed by atoms with E-state index in [9.17, 15) is 31.5 Å². The molecule has 2 amide bonds. The van der Waals surface area contributed by atoms with Gasteiger partial charge in [-0.3, -0.25) is 14.7 Å². The van der Waals surface area contributed by atoms with Gasteiger partial charge in [0.2, 0.25) is 5.91 Å². The van der Waals surface area contributed by atoms with Crippen LogP contribution in [0.2, 0.25) is 0 Å². The molecule has 0 atom stereocenters. The van der Waals surface area contributed by atoms with Gasteiger partial charge >= 0.3 is 6.18 Å². The summed E-state index contributed by atoms with van der Waals surface area (Å²) < 4.78 is 67.3. The third kappa shape index (κ3) is 4.52. The number of carbonyl (C=O) groups excluding carboxylic acids is 2. The fraction of sp³-hybridized carbons (Fsp3) is 0.522. The van der Waals surface area contributed by atoms with Crippen molar-refractivity contribution in [2.45, 2.75) is 52.4 Å². The van der Waals surface area contributed by atoms with Crippen molar-refractivity contribution in [1.29, 1.82) is 0 Å². The maximum absolute atomic E-state index is 13.9. The summed E-state index contributed by atoms with van der Waals surface area (Å²) >= 11 is 0. The lowest BCUT2D eigenvalue weighted by Gasteiger charge is -2.33. The van der Waals surface area contributed by atoms with Gasteiger partial charge < -0.3 is 9.80 Å². The number of fused-ring (bicyclic) bond motifs is 1. The largest absolute Gasteiger partial charge is 0.415 e. The zero-order valence-electron chi connectivity index (χ0n) is 18.8. The van der Waals surface area contributed by atoms with E-state index in [-0.39, 0.29) is 42.4 Å². The van der Waals surface area contributed by atoms with Crippen molar-refractivity contribution in [1.82, 2.24) is 20.0 Å². The summed E-state index contributed by atoms with van der Waals surface area (Å²) in [5, 5.41) is 6.97. The molecule has 0 saturated carbocycles. The summed E-state index contributed by atoms with van der Waals surface area (Å²) in [4.78, 5) is 28.6. The Balaban J connectivity index is 1.42.